The van der Waals surface area contributed by atoms with E-state index < -0.39 is 0 Å². The summed E-state index contributed by atoms with van der Waals surface area (Å²) in [5.74, 6) is 0. The fourth-order valence-electron chi connectivity index (χ4n) is 3.28. The first kappa shape index (κ1) is 13.6. The number of halogens is 1. The predicted octanol–water partition coefficient (Wildman–Crippen LogP) is 3.44. The first-order chi connectivity index (χ1) is 10.4. The summed E-state index contributed by atoms with van der Waals surface area (Å²) in [4.78, 5) is 15.9. The van der Waals surface area contributed by atoms with Gasteiger partial charge < -0.3 is 4.98 Å². The highest BCUT2D eigenvalue weighted by Crippen LogP contribution is 2.39. The largest absolute Gasteiger partial charge is 0.364 e. The highest BCUT2D eigenvalue weighted by Gasteiger charge is 2.34. The molecule has 0 saturated carbocycles. The Hall–Kier alpha value is -2.07. The van der Waals surface area contributed by atoms with Crippen LogP contribution in [-0.4, -0.2) is 14.8 Å². The maximum atomic E-state index is 12.6. The van der Waals surface area contributed by atoms with Crippen LogP contribution in [0.4, 0.5) is 0 Å². The highest BCUT2D eigenvalue weighted by molar-refractivity contribution is 6.30. The Morgan fingerprint density at radius 1 is 1.23 bits per heavy atom. The van der Waals surface area contributed by atoms with Crippen molar-refractivity contribution in [1.29, 1.82) is 0 Å². The molecule has 0 saturated heterocycles. The van der Waals surface area contributed by atoms with Crippen molar-refractivity contribution in [2.24, 2.45) is 5.41 Å². The molecule has 2 aliphatic heterocycles. The Morgan fingerprint density at radius 3 is 2.68 bits per heavy atom. The summed E-state index contributed by atoms with van der Waals surface area (Å²) in [5.41, 5.74) is 4.68. The van der Waals surface area contributed by atoms with E-state index in [-0.39, 0.29) is 11.0 Å². The number of benzene rings is 1. The number of nitrogens with zero attached hydrogens (tertiary/aromatic N) is 2. The summed E-state index contributed by atoms with van der Waals surface area (Å²) >= 11 is 5.91. The van der Waals surface area contributed by atoms with Crippen LogP contribution in [0, 0.1) is 5.41 Å². The van der Waals surface area contributed by atoms with E-state index in [0.717, 1.165) is 24.2 Å². The molecule has 1 aromatic carbocycles. The Balaban J connectivity index is 1.93. The van der Waals surface area contributed by atoms with Crippen LogP contribution in [0.15, 0.2) is 35.3 Å². The summed E-state index contributed by atoms with van der Waals surface area (Å²) in [6, 6.07) is 7.15. The lowest BCUT2D eigenvalue weighted by Crippen LogP contribution is -2.14. The zero-order valence-electron chi connectivity index (χ0n) is 12.5. The van der Waals surface area contributed by atoms with Gasteiger partial charge in [-0.05, 0) is 42.5 Å². The maximum absolute atomic E-state index is 12.6. The van der Waals surface area contributed by atoms with Gasteiger partial charge in [0.2, 0.25) is 0 Å². The van der Waals surface area contributed by atoms with Gasteiger partial charge in [-0.1, -0.05) is 25.4 Å². The van der Waals surface area contributed by atoms with E-state index in [1.165, 1.54) is 15.9 Å². The monoisotopic (exact) mass is 313 g/mol. The second-order valence-corrected chi connectivity index (χ2v) is 7.16. The molecule has 22 heavy (non-hydrogen) atoms. The van der Waals surface area contributed by atoms with E-state index in [9.17, 15) is 4.79 Å². The molecule has 0 radical (unpaired) electrons. The number of pyridine rings is 1. The van der Waals surface area contributed by atoms with Gasteiger partial charge in [0.1, 0.15) is 5.69 Å². The van der Waals surface area contributed by atoms with E-state index in [1.807, 2.05) is 12.1 Å². The molecule has 0 atom stereocenters. The van der Waals surface area contributed by atoms with Gasteiger partial charge in [0.15, 0.2) is 0 Å². The molecule has 2 heterocycles. The van der Waals surface area contributed by atoms with Crippen molar-refractivity contribution in [2.45, 2.75) is 26.7 Å². The Bertz CT molecular complexity index is 889. The number of hydrogen-bond donors (Lipinski definition) is 1. The molecule has 0 spiro atoms. The van der Waals surface area contributed by atoms with Crippen molar-refractivity contribution in [3.63, 3.8) is 0 Å². The molecule has 0 aromatic heterocycles. The fourth-order valence-corrected chi connectivity index (χ4v) is 3.41. The summed E-state index contributed by atoms with van der Waals surface area (Å²) in [6.45, 7) is 4.47. The third-order valence-electron chi connectivity index (χ3n) is 4.30. The summed E-state index contributed by atoms with van der Waals surface area (Å²) in [5, 5.41) is 5.23. The minimum atomic E-state index is -0.0962. The standard InChI is InChI=1S/C17H16ClN3O/c1-17(2)7-12-14(8-17)19-9-13-15(12)20-21(16(13)22)11-5-3-10(18)4-6-11/h3-6,9,19H,7-8H2,1-2H3. The number of nitrogens with one attached hydrogen (secondary N) is 1. The highest BCUT2D eigenvalue weighted by atomic mass is 35.5. The van der Waals surface area contributed by atoms with E-state index in [4.69, 9.17) is 11.6 Å². The minimum Gasteiger partial charge on any atom is -0.364 e. The lowest BCUT2D eigenvalue weighted by atomic mass is 9.90. The maximum Gasteiger partial charge on any atom is 0.282 e. The van der Waals surface area contributed by atoms with Gasteiger partial charge in [-0.3, -0.25) is 4.79 Å². The zero-order chi connectivity index (χ0) is 15.5. The third-order valence-corrected chi connectivity index (χ3v) is 4.55. The Labute approximate surface area is 133 Å². The molecular weight excluding hydrogens is 298 g/mol. The Morgan fingerprint density at radius 2 is 1.95 bits per heavy atom. The van der Waals surface area contributed by atoms with Gasteiger partial charge in [0.05, 0.1) is 11.3 Å². The van der Waals surface area contributed by atoms with Crippen molar-refractivity contribution in [2.75, 3.05) is 0 Å². The van der Waals surface area contributed by atoms with Crippen LogP contribution in [0.5, 0.6) is 0 Å². The van der Waals surface area contributed by atoms with Crippen LogP contribution in [0.25, 0.3) is 16.9 Å². The number of fused-ring (bicyclic) bond motifs is 3. The van der Waals surface area contributed by atoms with Crippen molar-refractivity contribution in [3.8, 4) is 16.9 Å². The second-order valence-electron chi connectivity index (χ2n) is 6.72. The molecular formula is C17H16ClN3O. The molecule has 3 aliphatic rings. The van der Waals surface area contributed by atoms with Crippen LogP contribution in [0.3, 0.4) is 0 Å². The molecule has 1 aliphatic carbocycles. The normalized spacial score (nSPS) is 16.1. The molecule has 112 valence electrons. The molecule has 4 rings (SSSR count). The quantitative estimate of drug-likeness (QED) is 0.748. The summed E-state index contributed by atoms with van der Waals surface area (Å²) < 4.78 is 1.46. The summed E-state index contributed by atoms with van der Waals surface area (Å²) in [6.07, 6.45) is 3.71. The molecule has 1 N–H and O–H groups in total. The molecule has 0 fully saturated rings. The van der Waals surface area contributed by atoms with Gasteiger partial charge in [0.25, 0.3) is 5.56 Å². The predicted molar refractivity (Wildman–Crippen MR) is 87.0 cm³/mol. The van der Waals surface area contributed by atoms with Crippen LogP contribution >= 0.6 is 11.6 Å². The summed E-state index contributed by atoms with van der Waals surface area (Å²) in [7, 11) is 0. The van der Waals surface area contributed by atoms with Crippen molar-refractivity contribution < 1.29 is 0 Å². The molecule has 0 unspecified atom stereocenters. The van der Waals surface area contributed by atoms with Crippen molar-refractivity contribution in [3.05, 3.63) is 57.1 Å². The van der Waals surface area contributed by atoms with E-state index in [1.54, 1.807) is 18.3 Å². The van der Waals surface area contributed by atoms with Gasteiger partial charge >= 0.3 is 0 Å². The zero-order valence-corrected chi connectivity index (χ0v) is 13.2. The topological polar surface area (TPSA) is 50.7 Å². The second kappa shape index (κ2) is 4.46. The molecule has 5 heteroatoms. The molecule has 0 bridgehead atoms. The lowest BCUT2D eigenvalue weighted by Gasteiger charge is -2.14. The first-order valence-electron chi connectivity index (χ1n) is 7.33. The average Bonchev–Trinajstić information content (AvgIpc) is 2.96. The van der Waals surface area contributed by atoms with Crippen molar-refractivity contribution in [1.82, 2.24) is 14.8 Å². The number of aromatic amines is 1. The van der Waals surface area contributed by atoms with E-state index in [2.05, 4.69) is 23.9 Å². The van der Waals surface area contributed by atoms with Gasteiger partial charge in [-0.25, -0.2) is 0 Å². The number of rotatable bonds is 1. The van der Waals surface area contributed by atoms with Gasteiger partial charge in [-0.2, -0.15) is 9.78 Å². The van der Waals surface area contributed by atoms with Crippen LogP contribution in [-0.2, 0) is 12.8 Å². The smallest absolute Gasteiger partial charge is 0.282 e. The van der Waals surface area contributed by atoms with Gasteiger partial charge in [-0.15, -0.1) is 0 Å². The van der Waals surface area contributed by atoms with E-state index in [0.29, 0.717) is 10.6 Å². The first-order valence-corrected chi connectivity index (χ1v) is 7.70. The molecule has 1 aromatic rings. The van der Waals surface area contributed by atoms with Gasteiger partial charge in [0, 0.05) is 22.5 Å². The minimum absolute atomic E-state index is 0.0962. The van der Waals surface area contributed by atoms with E-state index >= 15 is 0 Å². The molecule has 0 amide bonds. The average molecular weight is 314 g/mol. The van der Waals surface area contributed by atoms with Crippen LogP contribution in [0.2, 0.25) is 5.02 Å². The SMILES string of the molecule is CC1(C)Cc2[nH]cc3c(=O)n(-c4ccc(Cl)cc4)nc-3c2C1. The van der Waals surface area contributed by atoms with Crippen LogP contribution in [0.1, 0.15) is 25.1 Å². The molecule has 4 nitrogen and oxygen atoms in total. The third kappa shape index (κ3) is 1.98. The lowest BCUT2D eigenvalue weighted by molar-refractivity contribution is 0.390. The van der Waals surface area contributed by atoms with Crippen LogP contribution < -0.4 is 5.56 Å². The number of hydrogen-bond acceptors (Lipinski definition) is 2. The van der Waals surface area contributed by atoms with Crippen molar-refractivity contribution >= 4 is 11.6 Å². The fraction of sp³-hybridized carbons (Fsp3) is 0.294. The Kier molecular flexibility index (Phi) is 2.76. The number of aromatic nitrogens is 3. The number of H-pyrrole nitrogens is 1.